The molecule has 2 nitrogen and oxygen atoms in total. The summed E-state index contributed by atoms with van der Waals surface area (Å²) in [6, 6.07) is 8.85. The van der Waals surface area contributed by atoms with E-state index in [4.69, 9.17) is 0 Å². The highest BCUT2D eigenvalue weighted by atomic mass is 35.5. The Hall–Kier alpha value is -0.280. The van der Waals surface area contributed by atoms with Gasteiger partial charge in [0.2, 0.25) is 0 Å². The zero-order chi connectivity index (χ0) is 29.2. The van der Waals surface area contributed by atoms with Gasteiger partial charge in [-0.1, -0.05) is 141 Å². The minimum Gasteiger partial charge on any atom is -1.00 e. The molecule has 1 rings (SSSR count). The van der Waals surface area contributed by atoms with Gasteiger partial charge in [0.1, 0.15) is 5.54 Å². The average Bonchev–Trinajstić information content (AvgIpc) is 2.89. The van der Waals surface area contributed by atoms with Crippen LogP contribution in [0.3, 0.4) is 0 Å². The second-order valence-corrected chi connectivity index (χ2v) is 13.7. The fourth-order valence-electron chi connectivity index (χ4n) is 5.60. The number of halogens is 2. The third-order valence-corrected chi connectivity index (χ3v) is 8.28. The van der Waals surface area contributed by atoms with Crippen LogP contribution in [0.2, 0.25) is 0 Å². The Morgan fingerprint density at radius 3 is 1.27 bits per heavy atom. The number of benzene rings is 1. The molecule has 0 saturated heterocycles. The van der Waals surface area contributed by atoms with Gasteiger partial charge in [-0.3, -0.25) is 0 Å². The summed E-state index contributed by atoms with van der Waals surface area (Å²) in [4.78, 5) is 0. The molecule has 0 atom stereocenters. The Bertz CT molecular complexity index is 639. The molecule has 0 fully saturated rings. The molecule has 0 bridgehead atoms. The van der Waals surface area contributed by atoms with Crippen LogP contribution in [0.25, 0.3) is 0 Å². The first-order chi connectivity index (χ1) is 18.7. The van der Waals surface area contributed by atoms with Crippen molar-refractivity contribution in [3.8, 4) is 0 Å². The van der Waals surface area contributed by atoms with Gasteiger partial charge in [-0.2, -0.15) is 0 Å². The Morgan fingerprint density at radius 2 is 0.878 bits per heavy atom. The van der Waals surface area contributed by atoms with Gasteiger partial charge >= 0.3 is 0 Å². The van der Waals surface area contributed by atoms with Gasteiger partial charge in [-0.05, 0) is 57.9 Å². The summed E-state index contributed by atoms with van der Waals surface area (Å²) in [6.45, 7) is 14.0. The summed E-state index contributed by atoms with van der Waals surface area (Å²) in [7, 11) is 4.80. The van der Waals surface area contributed by atoms with Gasteiger partial charge in [0.05, 0.1) is 27.2 Å². The minimum atomic E-state index is 0. The molecule has 0 spiro atoms. The summed E-state index contributed by atoms with van der Waals surface area (Å²) in [5.74, 6) is 0. The summed E-state index contributed by atoms with van der Waals surface area (Å²) in [5.41, 5.74) is 7.25. The van der Waals surface area contributed by atoms with Crippen LogP contribution >= 0.6 is 0 Å². The third kappa shape index (κ3) is 28.3. The molecule has 1 aromatic rings. The smallest absolute Gasteiger partial charge is 0.115 e. The Labute approximate surface area is 271 Å². The number of unbranched alkanes of at least 4 members (excludes halogenated alkanes) is 17. The Morgan fingerprint density at radius 1 is 0.537 bits per heavy atom. The fourth-order valence-corrected chi connectivity index (χ4v) is 5.60. The van der Waals surface area contributed by atoms with E-state index in [0.29, 0.717) is 0 Å². The maximum atomic E-state index is 4.30. The lowest BCUT2D eigenvalue weighted by atomic mass is 9.89. The van der Waals surface area contributed by atoms with Crippen LogP contribution in [0.1, 0.15) is 174 Å². The van der Waals surface area contributed by atoms with Gasteiger partial charge in [-0.15, -0.1) is 0 Å². The first-order valence-corrected chi connectivity index (χ1v) is 17.4. The summed E-state index contributed by atoms with van der Waals surface area (Å²) >= 11 is 0. The number of aryl methyl sites for hydroxylation is 1. The zero-order valence-electron chi connectivity index (χ0n) is 29.0. The van der Waals surface area contributed by atoms with E-state index in [2.05, 4.69) is 78.7 Å². The second kappa shape index (κ2) is 29.8. The van der Waals surface area contributed by atoms with Crippen LogP contribution in [0.4, 0.5) is 0 Å². The Kier molecular flexibility index (Phi) is 32.8. The molecule has 41 heavy (non-hydrogen) atoms. The van der Waals surface area contributed by atoms with Crippen molar-refractivity contribution >= 4 is 0 Å². The van der Waals surface area contributed by atoms with Crippen LogP contribution in [-0.4, -0.2) is 31.7 Å². The molecule has 0 aliphatic heterocycles. The lowest BCUT2D eigenvalue weighted by Gasteiger charge is -2.30. The lowest BCUT2D eigenvalue weighted by molar-refractivity contribution is -0.890. The van der Waals surface area contributed by atoms with E-state index in [0.717, 1.165) is 0 Å². The van der Waals surface area contributed by atoms with Crippen molar-refractivity contribution in [2.75, 3.05) is 27.2 Å². The van der Waals surface area contributed by atoms with Gasteiger partial charge < -0.3 is 35.0 Å². The molecule has 0 saturated carbocycles. The van der Waals surface area contributed by atoms with Crippen molar-refractivity contribution in [2.24, 2.45) is 0 Å². The number of rotatable bonds is 24. The van der Waals surface area contributed by atoms with Gasteiger partial charge in [0, 0.05) is 5.56 Å². The fraction of sp³-hybridized carbons (Fsp3) is 0.838. The minimum absolute atomic E-state index is 0. The molecule has 1 aromatic carbocycles. The van der Waals surface area contributed by atoms with E-state index in [-0.39, 0.29) is 30.4 Å². The van der Waals surface area contributed by atoms with Crippen molar-refractivity contribution in [2.45, 2.75) is 175 Å². The van der Waals surface area contributed by atoms with Crippen molar-refractivity contribution < 1.29 is 35.0 Å². The van der Waals surface area contributed by atoms with Gasteiger partial charge in [0.15, 0.2) is 0 Å². The van der Waals surface area contributed by atoms with Crippen molar-refractivity contribution in [1.82, 2.24) is 0 Å². The van der Waals surface area contributed by atoms with E-state index in [9.17, 15) is 0 Å². The number of nitrogens with zero attached hydrogens (tertiary/aromatic N) is 1. The highest BCUT2D eigenvalue weighted by molar-refractivity contribution is 5.31. The molecule has 0 heterocycles. The standard InChI is InChI=1S/C21H37N.C16H36N.2ClH/c1-4-5-6-7-8-9-10-11-12-13-16-19-17-14-15-18-20(19)21(2,3)22;1-5-7-9-11-13-15-17(3,4)16-14-12-10-8-6-2;;/h14-15,17-18H,4-13,16,22H2,1-3H3;5-16H2,1-4H3;2*1H/q;+1;;/p-1. The van der Waals surface area contributed by atoms with Crippen LogP contribution < -0.4 is 30.5 Å². The van der Waals surface area contributed by atoms with Crippen LogP contribution in [0, 0.1) is 0 Å². The van der Waals surface area contributed by atoms with E-state index in [1.807, 2.05) is 0 Å². The van der Waals surface area contributed by atoms with E-state index >= 15 is 0 Å². The predicted molar refractivity (Wildman–Crippen MR) is 177 cm³/mol. The molecular formula is C37H74Cl2N2. The van der Waals surface area contributed by atoms with E-state index < -0.39 is 0 Å². The molecule has 0 aliphatic rings. The molecule has 0 aliphatic carbocycles. The first-order valence-electron chi connectivity index (χ1n) is 17.4. The van der Waals surface area contributed by atoms with Crippen LogP contribution in [-0.2, 0) is 12.0 Å². The monoisotopic (exact) mass is 617 g/mol. The molecule has 0 unspecified atom stereocenters. The molecule has 0 aromatic heterocycles. The summed E-state index contributed by atoms with van der Waals surface area (Å²) in [6.07, 6.45) is 29.4. The third-order valence-electron chi connectivity index (χ3n) is 8.28. The summed E-state index contributed by atoms with van der Waals surface area (Å²) < 4.78 is 1.23. The second-order valence-electron chi connectivity index (χ2n) is 13.7. The quantitative estimate of drug-likeness (QED) is 0.129. The molecule has 3 N–H and O–H groups in total. The highest BCUT2D eigenvalue weighted by Gasteiger charge is 2.21. The van der Waals surface area contributed by atoms with Gasteiger partial charge in [0.25, 0.3) is 0 Å². The SMILES string of the molecule is CCCCCCCCCCCCc1ccccc1C(C)(C)[NH3+].CCCCCCC[N+](C)(C)CCCCCCC.[Cl-].[Cl-]. The van der Waals surface area contributed by atoms with E-state index in [1.165, 1.54) is 164 Å². The van der Waals surface area contributed by atoms with Crippen molar-refractivity contribution in [3.05, 3.63) is 35.4 Å². The number of hydrogen-bond acceptors (Lipinski definition) is 0. The normalized spacial score (nSPS) is 11.3. The zero-order valence-corrected chi connectivity index (χ0v) is 30.5. The van der Waals surface area contributed by atoms with Crippen LogP contribution in [0.5, 0.6) is 0 Å². The van der Waals surface area contributed by atoms with Crippen molar-refractivity contribution in [1.29, 1.82) is 0 Å². The first kappa shape index (κ1) is 45.2. The molecule has 0 amide bonds. The number of hydrogen-bond donors (Lipinski definition) is 1. The number of quaternary nitrogens is 2. The lowest BCUT2D eigenvalue weighted by Crippen LogP contribution is -3.00. The average molecular weight is 618 g/mol. The topological polar surface area (TPSA) is 27.6 Å². The van der Waals surface area contributed by atoms with Gasteiger partial charge in [-0.25, -0.2) is 0 Å². The van der Waals surface area contributed by atoms with Crippen molar-refractivity contribution in [3.63, 3.8) is 0 Å². The molecular weight excluding hydrogens is 543 g/mol. The largest absolute Gasteiger partial charge is 1.00 e. The molecule has 0 radical (unpaired) electrons. The highest BCUT2D eigenvalue weighted by Crippen LogP contribution is 2.22. The molecule has 246 valence electrons. The predicted octanol–water partition coefficient (Wildman–Crippen LogP) is 4.64. The maximum absolute atomic E-state index is 4.30. The van der Waals surface area contributed by atoms with Crippen LogP contribution in [0.15, 0.2) is 24.3 Å². The van der Waals surface area contributed by atoms with E-state index in [1.54, 1.807) is 0 Å². The Balaban J connectivity index is -0.000000693. The maximum Gasteiger partial charge on any atom is 0.115 e. The molecule has 4 heteroatoms. The summed E-state index contributed by atoms with van der Waals surface area (Å²) in [5, 5.41) is 0.